The Balaban J connectivity index is 2.31. The molecule has 0 radical (unpaired) electrons. The average Bonchev–Trinajstić information content (AvgIpc) is 2.24. The minimum atomic E-state index is -0.836. The Morgan fingerprint density at radius 3 is 2.61 bits per heavy atom. The van der Waals surface area contributed by atoms with Crippen molar-refractivity contribution in [2.24, 2.45) is 0 Å². The number of rotatable bonds is 3. The quantitative estimate of drug-likeness (QED) is 0.705. The van der Waals surface area contributed by atoms with E-state index in [-0.39, 0.29) is 6.04 Å². The third kappa shape index (κ3) is 5.35. The first-order valence-corrected chi connectivity index (χ1v) is 6.23. The molecule has 1 saturated heterocycles. The molecular formula is C12H22N2O4. The zero-order valence-corrected chi connectivity index (χ0v) is 11.2. The van der Waals surface area contributed by atoms with Crippen LogP contribution in [0.3, 0.4) is 0 Å². The van der Waals surface area contributed by atoms with Crippen molar-refractivity contribution < 1.29 is 19.4 Å². The molecule has 104 valence electrons. The summed E-state index contributed by atoms with van der Waals surface area (Å²) in [6, 6.07) is -0.517. The summed E-state index contributed by atoms with van der Waals surface area (Å²) in [4.78, 5) is 22.3. The van der Waals surface area contributed by atoms with Gasteiger partial charge in [0.15, 0.2) is 0 Å². The zero-order chi connectivity index (χ0) is 13.8. The number of ether oxygens (including phenoxy) is 1. The summed E-state index contributed by atoms with van der Waals surface area (Å²) in [5, 5.41) is 14.6. The number of alkyl carbamates (subject to hydrolysis) is 1. The number of aliphatic carboxylic acids is 1. The number of amides is 1. The van der Waals surface area contributed by atoms with Gasteiger partial charge in [0, 0.05) is 12.6 Å². The molecule has 0 bridgehead atoms. The third-order valence-corrected chi connectivity index (χ3v) is 2.67. The topological polar surface area (TPSA) is 87.7 Å². The second-order valence-corrected chi connectivity index (χ2v) is 5.57. The van der Waals surface area contributed by atoms with E-state index in [2.05, 4.69) is 10.6 Å². The molecule has 0 aromatic heterocycles. The molecule has 0 saturated carbocycles. The Labute approximate surface area is 107 Å². The highest BCUT2D eigenvalue weighted by atomic mass is 16.6. The molecule has 1 rings (SSSR count). The van der Waals surface area contributed by atoms with Crippen LogP contribution < -0.4 is 10.6 Å². The molecule has 1 aliphatic heterocycles. The van der Waals surface area contributed by atoms with Crippen LogP contribution in [-0.2, 0) is 9.53 Å². The third-order valence-electron chi connectivity index (χ3n) is 2.67. The summed E-state index contributed by atoms with van der Waals surface area (Å²) in [7, 11) is 0. The largest absolute Gasteiger partial charge is 0.480 e. The molecule has 1 fully saturated rings. The first kappa shape index (κ1) is 14.8. The highest BCUT2D eigenvalue weighted by molar-refractivity contribution is 5.73. The van der Waals surface area contributed by atoms with Crippen LogP contribution in [0, 0.1) is 0 Å². The van der Waals surface area contributed by atoms with Gasteiger partial charge in [-0.2, -0.15) is 0 Å². The zero-order valence-electron chi connectivity index (χ0n) is 11.2. The molecule has 1 aliphatic rings. The SMILES string of the molecule is CC(C)(C)OC(=O)NCC1CCCC(C(=O)O)N1. The van der Waals surface area contributed by atoms with E-state index < -0.39 is 23.7 Å². The minimum Gasteiger partial charge on any atom is -0.480 e. The molecule has 18 heavy (non-hydrogen) atoms. The fourth-order valence-electron chi connectivity index (χ4n) is 1.90. The average molecular weight is 258 g/mol. The summed E-state index contributed by atoms with van der Waals surface area (Å²) < 4.78 is 5.11. The molecule has 2 unspecified atom stereocenters. The van der Waals surface area contributed by atoms with E-state index in [4.69, 9.17) is 9.84 Å². The van der Waals surface area contributed by atoms with Crippen molar-refractivity contribution in [2.45, 2.75) is 57.7 Å². The van der Waals surface area contributed by atoms with Crippen LogP contribution in [0.2, 0.25) is 0 Å². The lowest BCUT2D eigenvalue weighted by atomic mass is 9.98. The number of carboxylic acids is 1. The molecule has 3 N–H and O–H groups in total. The van der Waals surface area contributed by atoms with Gasteiger partial charge >= 0.3 is 12.1 Å². The molecule has 0 spiro atoms. The van der Waals surface area contributed by atoms with E-state index in [1.165, 1.54) is 0 Å². The molecule has 6 heteroatoms. The van der Waals surface area contributed by atoms with Crippen LogP contribution in [-0.4, -0.2) is 41.4 Å². The van der Waals surface area contributed by atoms with Crippen LogP contribution in [0.15, 0.2) is 0 Å². The molecule has 1 amide bonds. The lowest BCUT2D eigenvalue weighted by Crippen LogP contribution is -2.51. The second-order valence-electron chi connectivity index (χ2n) is 5.57. The first-order valence-electron chi connectivity index (χ1n) is 6.23. The van der Waals surface area contributed by atoms with Gasteiger partial charge in [0.05, 0.1) is 0 Å². The monoisotopic (exact) mass is 258 g/mol. The fraction of sp³-hybridized carbons (Fsp3) is 0.833. The summed E-state index contributed by atoms with van der Waals surface area (Å²) in [6.45, 7) is 5.78. The standard InChI is InChI=1S/C12H22N2O4/c1-12(2,3)18-11(17)13-7-8-5-4-6-9(14-8)10(15)16/h8-9,14H,4-7H2,1-3H3,(H,13,17)(H,15,16). The predicted octanol–water partition coefficient (Wildman–Crippen LogP) is 1.11. The van der Waals surface area contributed by atoms with Gasteiger partial charge in [-0.05, 0) is 40.0 Å². The maximum absolute atomic E-state index is 11.4. The molecule has 6 nitrogen and oxygen atoms in total. The van der Waals surface area contributed by atoms with E-state index in [9.17, 15) is 9.59 Å². The van der Waals surface area contributed by atoms with Gasteiger partial charge in [-0.25, -0.2) is 4.79 Å². The molecule has 0 aromatic rings. The normalized spacial score (nSPS) is 24.4. The van der Waals surface area contributed by atoms with E-state index >= 15 is 0 Å². The predicted molar refractivity (Wildman–Crippen MR) is 66.4 cm³/mol. The van der Waals surface area contributed by atoms with Crippen LogP contribution in [0.5, 0.6) is 0 Å². The number of hydrogen-bond acceptors (Lipinski definition) is 4. The lowest BCUT2D eigenvalue weighted by molar-refractivity contribution is -0.140. The van der Waals surface area contributed by atoms with Gasteiger partial charge in [0.2, 0.25) is 0 Å². The molecule has 1 heterocycles. The number of carbonyl (C=O) groups is 2. The highest BCUT2D eigenvalue weighted by Crippen LogP contribution is 2.12. The number of nitrogens with one attached hydrogen (secondary N) is 2. The summed E-state index contributed by atoms with van der Waals surface area (Å²) in [6.07, 6.45) is 1.88. The van der Waals surface area contributed by atoms with Crippen molar-refractivity contribution in [3.05, 3.63) is 0 Å². The van der Waals surface area contributed by atoms with Gasteiger partial charge in [0.25, 0.3) is 0 Å². The number of carboxylic acid groups (broad SMARTS) is 1. The van der Waals surface area contributed by atoms with Crippen LogP contribution in [0.1, 0.15) is 40.0 Å². The van der Waals surface area contributed by atoms with Gasteiger partial charge in [0.1, 0.15) is 11.6 Å². The van der Waals surface area contributed by atoms with Crippen LogP contribution >= 0.6 is 0 Å². The Bertz CT molecular complexity index is 312. The smallest absolute Gasteiger partial charge is 0.407 e. The number of hydrogen-bond donors (Lipinski definition) is 3. The van der Waals surface area contributed by atoms with E-state index in [1.54, 1.807) is 20.8 Å². The lowest BCUT2D eigenvalue weighted by Gasteiger charge is -2.29. The van der Waals surface area contributed by atoms with Crippen molar-refractivity contribution in [3.8, 4) is 0 Å². The summed E-state index contributed by atoms with van der Waals surface area (Å²) in [5.41, 5.74) is -0.520. The molecular weight excluding hydrogens is 236 g/mol. The molecule has 2 atom stereocenters. The van der Waals surface area contributed by atoms with Gasteiger partial charge < -0.3 is 15.2 Å². The summed E-state index contributed by atoms with van der Waals surface area (Å²) in [5.74, 6) is -0.836. The Hall–Kier alpha value is -1.30. The van der Waals surface area contributed by atoms with E-state index in [0.717, 1.165) is 12.8 Å². The number of piperidine rings is 1. The van der Waals surface area contributed by atoms with Crippen molar-refractivity contribution >= 4 is 12.1 Å². The van der Waals surface area contributed by atoms with Gasteiger partial charge in [-0.15, -0.1) is 0 Å². The maximum atomic E-state index is 11.4. The molecule has 0 aromatic carbocycles. The fourth-order valence-corrected chi connectivity index (χ4v) is 1.90. The summed E-state index contributed by atoms with van der Waals surface area (Å²) >= 11 is 0. The van der Waals surface area contributed by atoms with Crippen molar-refractivity contribution in [2.75, 3.05) is 6.54 Å². The van der Waals surface area contributed by atoms with Crippen molar-refractivity contribution in [1.82, 2.24) is 10.6 Å². The van der Waals surface area contributed by atoms with Crippen molar-refractivity contribution in [3.63, 3.8) is 0 Å². The van der Waals surface area contributed by atoms with E-state index in [1.807, 2.05) is 0 Å². The Morgan fingerprint density at radius 2 is 2.06 bits per heavy atom. The second kappa shape index (κ2) is 6.04. The Kier molecular flexibility index (Phi) is 4.95. The Morgan fingerprint density at radius 1 is 1.39 bits per heavy atom. The first-order chi connectivity index (χ1) is 8.28. The maximum Gasteiger partial charge on any atom is 0.407 e. The van der Waals surface area contributed by atoms with Crippen molar-refractivity contribution in [1.29, 1.82) is 0 Å². The molecule has 0 aliphatic carbocycles. The van der Waals surface area contributed by atoms with Gasteiger partial charge in [-0.3, -0.25) is 10.1 Å². The van der Waals surface area contributed by atoms with Gasteiger partial charge in [-0.1, -0.05) is 0 Å². The minimum absolute atomic E-state index is 0.00707. The van der Waals surface area contributed by atoms with Crippen LogP contribution in [0.4, 0.5) is 4.79 Å². The number of carbonyl (C=O) groups excluding carboxylic acids is 1. The highest BCUT2D eigenvalue weighted by Gasteiger charge is 2.26. The van der Waals surface area contributed by atoms with Crippen LogP contribution in [0.25, 0.3) is 0 Å². The van der Waals surface area contributed by atoms with E-state index in [0.29, 0.717) is 13.0 Å².